The van der Waals surface area contributed by atoms with E-state index in [1.54, 1.807) is 7.11 Å². The molecule has 1 atom stereocenters. The molecule has 5 nitrogen and oxygen atoms in total. The van der Waals surface area contributed by atoms with Gasteiger partial charge in [-0.1, -0.05) is 12.1 Å². The van der Waals surface area contributed by atoms with Gasteiger partial charge < -0.3 is 10.5 Å². The fourth-order valence-corrected chi connectivity index (χ4v) is 3.30. The second kappa shape index (κ2) is 5.75. The van der Waals surface area contributed by atoms with Crippen LogP contribution >= 0.6 is 11.8 Å². The predicted octanol–water partition coefficient (Wildman–Crippen LogP) is 2.91. The molecular weight excluding hydrogens is 284 g/mol. The lowest BCUT2D eigenvalue weighted by Gasteiger charge is -2.15. The van der Waals surface area contributed by atoms with E-state index in [1.807, 2.05) is 53.9 Å². The molecule has 0 spiro atoms. The van der Waals surface area contributed by atoms with Gasteiger partial charge in [-0.15, -0.1) is 10.2 Å². The number of ether oxygens (including phenoxy) is 1. The van der Waals surface area contributed by atoms with E-state index in [9.17, 15) is 0 Å². The van der Waals surface area contributed by atoms with Gasteiger partial charge in [-0.3, -0.25) is 4.40 Å². The van der Waals surface area contributed by atoms with Gasteiger partial charge in [-0.05, 0) is 43.0 Å². The molecule has 6 heteroatoms. The minimum atomic E-state index is -0.122. The van der Waals surface area contributed by atoms with Crippen LogP contribution in [-0.4, -0.2) is 21.7 Å². The van der Waals surface area contributed by atoms with Crippen molar-refractivity contribution in [3.8, 4) is 5.75 Å². The Bertz CT molecular complexity index is 769. The Hall–Kier alpha value is -2.05. The maximum atomic E-state index is 6.10. The van der Waals surface area contributed by atoms with Gasteiger partial charge in [-0.25, -0.2) is 0 Å². The number of hydrogen-bond donors (Lipinski definition) is 1. The molecule has 0 aliphatic heterocycles. The third-order valence-corrected chi connectivity index (χ3v) is 4.22. The van der Waals surface area contributed by atoms with Gasteiger partial charge in [0, 0.05) is 22.7 Å². The molecule has 2 heterocycles. The highest BCUT2D eigenvalue weighted by atomic mass is 32.2. The van der Waals surface area contributed by atoms with Crippen molar-refractivity contribution >= 4 is 17.4 Å². The van der Waals surface area contributed by atoms with Crippen molar-refractivity contribution in [2.45, 2.75) is 23.0 Å². The number of nitrogens with two attached hydrogens (primary N) is 1. The standard InChI is InChI=1S/C15H16N4OS/c1-10(16)14-11(20-2)6-5-7-12(14)21-15-18-17-13-8-3-4-9-19(13)15/h3-10H,16H2,1-2H3. The van der Waals surface area contributed by atoms with Crippen LogP contribution in [0.4, 0.5) is 0 Å². The first kappa shape index (κ1) is 13.9. The summed E-state index contributed by atoms with van der Waals surface area (Å²) in [4.78, 5) is 1.03. The molecule has 3 rings (SSSR count). The van der Waals surface area contributed by atoms with Crippen LogP contribution in [-0.2, 0) is 0 Å². The average Bonchev–Trinajstić information content (AvgIpc) is 2.90. The smallest absolute Gasteiger partial charge is 0.200 e. The van der Waals surface area contributed by atoms with Crippen molar-refractivity contribution < 1.29 is 4.74 Å². The van der Waals surface area contributed by atoms with Gasteiger partial charge in [0.25, 0.3) is 0 Å². The number of methoxy groups -OCH3 is 1. The summed E-state index contributed by atoms with van der Waals surface area (Å²) in [5.41, 5.74) is 7.90. The summed E-state index contributed by atoms with van der Waals surface area (Å²) in [5.74, 6) is 0.795. The molecule has 0 fully saturated rings. The molecule has 1 aromatic carbocycles. The van der Waals surface area contributed by atoms with Gasteiger partial charge in [0.1, 0.15) is 5.75 Å². The van der Waals surface area contributed by atoms with Crippen LogP contribution < -0.4 is 10.5 Å². The molecule has 108 valence electrons. The van der Waals surface area contributed by atoms with E-state index in [4.69, 9.17) is 10.5 Å². The summed E-state index contributed by atoms with van der Waals surface area (Å²) in [6.07, 6.45) is 1.95. The summed E-state index contributed by atoms with van der Waals surface area (Å²) in [7, 11) is 1.65. The number of nitrogens with zero attached hydrogens (tertiary/aromatic N) is 3. The summed E-state index contributed by atoms with van der Waals surface area (Å²) in [6.45, 7) is 1.95. The number of aromatic nitrogens is 3. The first-order valence-electron chi connectivity index (χ1n) is 6.61. The maximum Gasteiger partial charge on any atom is 0.200 e. The molecule has 0 saturated carbocycles. The first-order chi connectivity index (χ1) is 10.2. The third kappa shape index (κ3) is 2.59. The molecule has 1 unspecified atom stereocenters. The third-order valence-electron chi connectivity index (χ3n) is 3.19. The minimum absolute atomic E-state index is 0.122. The predicted molar refractivity (Wildman–Crippen MR) is 82.7 cm³/mol. The Balaban J connectivity index is 2.05. The molecule has 21 heavy (non-hydrogen) atoms. The largest absolute Gasteiger partial charge is 0.496 e. The lowest BCUT2D eigenvalue weighted by molar-refractivity contribution is 0.405. The Labute approximate surface area is 127 Å². The van der Waals surface area contributed by atoms with Crippen molar-refractivity contribution in [2.24, 2.45) is 5.73 Å². The summed E-state index contributed by atoms with van der Waals surface area (Å²) >= 11 is 1.54. The highest BCUT2D eigenvalue weighted by molar-refractivity contribution is 7.99. The summed E-state index contributed by atoms with van der Waals surface area (Å²) < 4.78 is 7.37. The van der Waals surface area contributed by atoms with Crippen LogP contribution in [0.3, 0.4) is 0 Å². The second-order valence-corrected chi connectivity index (χ2v) is 5.68. The molecule has 0 saturated heterocycles. The molecule has 0 aliphatic carbocycles. The Morgan fingerprint density at radius 2 is 2.05 bits per heavy atom. The Morgan fingerprint density at radius 1 is 1.19 bits per heavy atom. The van der Waals surface area contributed by atoms with Crippen LogP contribution in [0.5, 0.6) is 5.75 Å². The molecular formula is C15H16N4OS. The van der Waals surface area contributed by atoms with E-state index in [2.05, 4.69) is 10.2 Å². The van der Waals surface area contributed by atoms with Crippen LogP contribution in [0.25, 0.3) is 5.65 Å². The molecule has 0 bridgehead atoms. The summed E-state index contributed by atoms with van der Waals surface area (Å²) in [5, 5.41) is 9.21. The molecule has 3 aromatic rings. The van der Waals surface area contributed by atoms with Gasteiger partial charge >= 0.3 is 0 Å². The van der Waals surface area contributed by atoms with Crippen LogP contribution in [0, 0.1) is 0 Å². The normalized spacial score (nSPS) is 12.5. The fraction of sp³-hybridized carbons (Fsp3) is 0.200. The number of fused-ring (bicyclic) bond motifs is 1. The zero-order valence-corrected chi connectivity index (χ0v) is 12.7. The molecule has 0 aliphatic rings. The lowest BCUT2D eigenvalue weighted by Crippen LogP contribution is -2.08. The van der Waals surface area contributed by atoms with Crippen molar-refractivity contribution in [1.82, 2.24) is 14.6 Å². The van der Waals surface area contributed by atoms with Crippen molar-refractivity contribution in [3.05, 3.63) is 48.2 Å². The average molecular weight is 300 g/mol. The minimum Gasteiger partial charge on any atom is -0.496 e. The molecule has 2 aromatic heterocycles. The van der Waals surface area contributed by atoms with Gasteiger partial charge in [0.15, 0.2) is 10.8 Å². The van der Waals surface area contributed by atoms with E-state index in [0.717, 1.165) is 27.0 Å². The van der Waals surface area contributed by atoms with Crippen molar-refractivity contribution in [1.29, 1.82) is 0 Å². The molecule has 0 amide bonds. The maximum absolute atomic E-state index is 6.10. The van der Waals surface area contributed by atoms with Gasteiger partial charge in [0.2, 0.25) is 0 Å². The quantitative estimate of drug-likeness (QED) is 0.802. The lowest BCUT2D eigenvalue weighted by atomic mass is 10.1. The topological polar surface area (TPSA) is 65.4 Å². The number of benzene rings is 1. The van der Waals surface area contributed by atoms with Crippen LogP contribution in [0.1, 0.15) is 18.5 Å². The van der Waals surface area contributed by atoms with Crippen molar-refractivity contribution in [3.63, 3.8) is 0 Å². The van der Waals surface area contributed by atoms with E-state index in [0.29, 0.717) is 0 Å². The van der Waals surface area contributed by atoms with Crippen LogP contribution in [0.15, 0.2) is 52.6 Å². The van der Waals surface area contributed by atoms with E-state index >= 15 is 0 Å². The first-order valence-corrected chi connectivity index (χ1v) is 7.42. The Kier molecular flexibility index (Phi) is 3.81. The van der Waals surface area contributed by atoms with E-state index in [1.165, 1.54) is 11.8 Å². The van der Waals surface area contributed by atoms with Gasteiger partial charge in [0.05, 0.1) is 7.11 Å². The van der Waals surface area contributed by atoms with Crippen LogP contribution in [0.2, 0.25) is 0 Å². The number of rotatable bonds is 4. The summed E-state index contributed by atoms with van der Waals surface area (Å²) in [6, 6.07) is 11.6. The number of pyridine rings is 1. The fourth-order valence-electron chi connectivity index (χ4n) is 2.23. The van der Waals surface area contributed by atoms with Gasteiger partial charge in [-0.2, -0.15) is 0 Å². The second-order valence-electron chi connectivity index (χ2n) is 4.67. The number of hydrogen-bond acceptors (Lipinski definition) is 5. The highest BCUT2D eigenvalue weighted by Gasteiger charge is 2.16. The molecule has 2 N–H and O–H groups in total. The zero-order chi connectivity index (χ0) is 14.8. The van der Waals surface area contributed by atoms with Crippen molar-refractivity contribution in [2.75, 3.05) is 7.11 Å². The Morgan fingerprint density at radius 3 is 2.81 bits per heavy atom. The van der Waals surface area contributed by atoms with E-state index < -0.39 is 0 Å². The monoisotopic (exact) mass is 300 g/mol. The highest BCUT2D eigenvalue weighted by Crippen LogP contribution is 2.37. The zero-order valence-electron chi connectivity index (χ0n) is 11.9. The SMILES string of the molecule is COc1cccc(Sc2nnc3ccccn23)c1C(C)N. The van der Waals surface area contributed by atoms with E-state index in [-0.39, 0.29) is 6.04 Å². The molecule has 0 radical (unpaired) electrons.